The van der Waals surface area contributed by atoms with E-state index in [1.807, 2.05) is 78.9 Å². The minimum atomic E-state index is -0.785. The number of aromatic nitrogens is 1. The smallest absolute Gasteiger partial charge is 0.338 e. The molecule has 0 aliphatic carbocycles. The average molecular weight is 707 g/mol. The number of nitrogens with zero attached hydrogens (tertiary/aromatic N) is 3. The second-order valence-corrected chi connectivity index (χ2v) is 12.3. The van der Waals surface area contributed by atoms with E-state index in [1.165, 1.54) is 11.3 Å². The summed E-state index contributed by atoms with van der Waals surface area (Å²) in [5.41, 5.74) is 4.02. The molecule has 0 saturated heterocycles. The van der Waals surface area contributed by atoms with Crippen LogP contribution in [0.3, 0.4) is 0 Å². The molecular weight excluding hydrogens is 678 g/mol. The molecule has 1 aliphatic rings. The lowest BCUT2D eigenvalue weighted by Gasteiger charge is -2.26. The van der Waals surface area contributed by atoms with Crippen molar-refractivity contribution in [2.75, 3.05) is 13.7 Å². The number of halogens is 1. The molecule has 0 radical (unpaired) electrons. The number of esters is 1. The van der Waals surface area contributed by atoms with E-state index in [9.17, 15) is 14.9 Å². The number of fused-ring (bicyclic) bond motifs is 1. The third-order valence-corrected chi connectivity index (χ3v) is 9.18. The van der Waals surface area contributed by atoms with Crippen LogP contribution in [0.4, 0.5) is 0 Å². The zero-order chi connectivity index (χ0) is 32.9. The van der Waals surface area contributed by atoms with Crippen LogP contribution in [0, 0.1) is 11.3 Å². The molecule has 0 fully saturated rings. The van der Waals surface area contributed by atoms with Gasteiger partial charge in [0, 0.05) is 11.1 Å². The summed E-state index contributed by atoms with van der Waals surface area (Å²) in [6, 6.07) is 31.0. The van der Waals surface area contributed by atoms with Gasteiger partial charge in [-0.25, -0.2) is 9.79 Å². The summed E-state index contributed by atoms with van der Waals surface area (Å²) in [6.45, 7) is 2.15. The molecule has 0 unspecified atom stereocenters. The molecule has 1 aromatic heterocycles. The van der Waals surface area contributed by atoms with E-state index in [2.05, 4.69) is 22.0 Å². The van der Waals surface area contributed by atoms with Crippen LogP contribution in [0.2, 0.25) is 0 Å². The molecule has 1 aliphatic heterocycles. The standard InChI is InChI=1S/C37H28BrN3O5S/c1-3-45-36(43)32-33(24-9-5-4-6-10-24)40-37-41(34(32)25-14-16-28(44-2)17-15-25)35(42)31(47-37)20-23-13-18-30(29(38)19-23)46-22-27-12-8-7-11-26(27)21-39/h4-20,34H,3,22H2,1-2H3/b31-20-/t34-/m0/s1. The molecule has 0 N–H and O–H groups in total. The topological polar surface area (TPSA) is 103 Å². The van der Waals surface area contributed by atoms with Gasteiger partial charge in [0.1, 0.15) is 18.1 Å². The third-order valence-electron chi connectivity index (χ3n) is 7.58. The van der Waals surface area contributed by atoms with E-state index < -0.39 is 12.0 Å². The van der Waals surface area contributed by atoms with E-state index in [0.717, 1.165) is 16.7 Å². The highest BCUT2D eigenvalue weighted by Gasteiger charge is 2.35. The van der Waals surface area contributed by atoms with Crippen molar-refractivity contribution in [3.8, 4) is 17.6 Å². The van der Waals surface area contributed by atoms with Crippen molar-refractivity contribution >= 4 is 45.0 Å². The maximum Gasteiger partial charge on any atom is 0.338 e. The number of hydrogen-bond donors (Lipinski definition) is 0. The third kappa shape index (κ3) is 6.54. The lowest BCUT2D eigenvalue weighted by molar-refractivity contribution is -0.138. The summed E-state index contributed by atoms with van der Waals surface area (Å²) in [7, 11) is 1.58. The fourth-order valence-corrected chi connectivity index (χ4v) is 6.84. The van der Waals surface area contributed by atoms with Crippen LogP contribution in [0.5, 0.6) is 11.5 Å². The van der Waals surface area contributed by atoms with Crippen LogP contribution in [0.25, 0.3) is 11.8 Å². The Labute approximate surface area is 283 Å². The Morgan fingerprint density at radius 3 is 2.49 bits per heavy atom. The number of benzene rings is 4. The van der Waals surface area contributed by atoms with Crippen molar-refractivity contribution in [2.45, 2.75) is 19.6 Å². The first-order valence-electron chi connectivity index (χ1n) is 14.7. The van der Waals surface area contributed by atoms with E-state index in [1.54, 1.807) is 42.9 Å². The molecule has 0 amide bonds. The molecule has 0 spiro atoms. The van der Waals surface area contributed by atoms with Gasteiger partial charge in [-0.3, -0.25) is 9.36 Å². The molecule has 0 saturated carbocycles. The summed E-state index contributed by atoms with van der Waals surface area (Å²) in [4.78, 5) is 33.2. The number of thiazole rings is 1. The SMILES string of the molecule is CCOC(=O)C1=C(c2ccccc2)N=c2s/c(=C\c3ccc(OCc4ccccc4C#N)c(Br)c3)c(=O)n2[C@H]1c1ccc(OC)cc1. The molecule has 5 aromatic rings. The van der Waals surface area contributed by atoms with Gasteiger partial charge in [-0.2, -0.15) is 5.26 Å². The number of nitriles is 1. The molecule has 10 heteroatoms. The van der Waals surface area contributed by atoms with Crippen LogP contribution in [0.15, 0.2) is 117 Å². The summed E-state index contributed by atoms with van der Waals surface area (Å²) >= 11 is 4.84. The first kappa shape index (κ1) is 31.7. The van der Waals surface area contributed by atoms with Crippen molar-refractivity contribution in [2.24, 2.45) is 4.99 Å². The Morgan fingerprint density at radius 2 is 1.79 bits per heavy atom. The zero-order valence-corrected chi connectivity index (χ0v) is 27.9. The van der Waals surface area contributed by atoms with Gasteiger partial charge in [-0.1, -0.05) is 78.1 Å². The van der Waals surface area contributed by atoms with Gasteiger partial charge in [0.25, 0.3) is 5.56 Å². The van der Waals surface area contributed by atoms with Crippen molar-refractivity contribution < 1.29 is 19.0 Å². The Morgan fingerprint density at radius 1 is 1.04 bits per heavy atom. The molecule has 6 rings (SSSR count). The van der Waals surface area contributed by atoms with Crippen molar-refractivity contribution in [3.63, 3.8) is 0 Å². The Hall–Kier alpha value is -5.24. The van der Waals surface area contributed by atoms with Gasteiger partial charge in [-0.05, 0) is 70.4 Å². The van der Waals surface area contributed by atoms with Crippen LogP contribution in [0.1, 0.15) is 40.8 Å². The minimum absolute atomic E-state index is 0.170. The van der Waals surface area contributed by atoms with Crippen LogP contribution in [-0.4, -0.2) is 24.3 Å². The minimum Gasteiger partial charge on any atom is -0.497 e. The molecule has 0 bridgehead atoms. The van der Waals surface area contributed by atoms with Gasteiger partial charge in [0.2, 0.25) is 0 Å². The summed E-state index contributed by atoms with van der Waals surface area (Å²) < 4.78 is 19.6. The molecule has 2 heterocycles. The highest BCUT2D eigenvalue weighted by atomic mass is 79.9. The second kappa shape index (κ2) is 14.0. The second-order valence-electron chi connectivity index (χ2n) is 10.5. The summed E-state index contributed by atoms with van der Waals surface area (Å²) in [5, 5.41) is 9.39. The molecular formula is C37H28BrN3O5S. The average Bonchev–Trinajstić information content (AvgIpc) is 3.41. The van der Waals surface area contributed by atoms with Crippen molar-refractivity contribution in [3.05, 3.63) is 155 Å². The zero-order valence-electron chi connectivity index (χ0n) is 25.5. The number of carbonyl (C=O) groups is 1. The summed E-state index contributed by atoms with van der Waals surface area (Å²) in [6.07, 6.45) is 1.80. The van der Waals surface area contributed by atoms with Gasteiger partial charge < -0.3 is 14.2 Å². The number of ether oxygens (including phenoxy) is 3. The van der Waals surface area contributed by atoms with Crippen LogP contribution in [-0.2, 0) is 16.1 Å². The fraction of sp³-hybridized carbons (Fsp3) is 0.135. The quantitative estimate of drug-likeness (QED) is 0.170. The number of rotatable bonds is 9. The summed E-state index contributed by atoms with van der Waals surface area (Å²) in [5.74, 6) is 0.711. The lowest BCUT2D eigenvalue weighted by Crippen LogP contribution is -2.40. The van der Waals surface area contributed by atoms with Crippen molar-refractivity contribution in [1.29, 1.82) is 5.26 Å². The number of carbonyl (C=O) groups excluding carboxylic acids is 1. The van der Waals surface area contributed by atoms with Gasteiger partial charge in [0.15, 0.2) is 4.80 Å². The van der Waals surface area contributed by atoms with Crippen LogP contribution >= 0.6 is 27.3 Å². The van der Waals surface area contributed by atoms with Gasteiger partial charge in [0.05, 0.1) is 51.7 Å². The number of hydrogen-bond acceptors (Lipinski definition) is 8. The van der Waals surface area contributed by atoms with E-state index in [0.29, 0.717) is 42.1 Å². The fourth-order valence-electron chi connectivity index (χ4n) is 5.33. The lowest BCUT2D eigenvalue weighted by atomic mass is 9.93. The van der Waals surface area contributed by atoms with E-state index >= 15 is 0 Å². The predicted octanol–water partition coefficient (Wildman–Crippen LogP) is 6.16. The Kier molecular flexibility index (Phi) is 9.47. The first-order chi connectivity index (χ1) is 22.9. The Bertz CT molecular complexity index is 2220. The molecule has 234 valence electrons. The largest absolute Gasteiger partial charge is 0.497 e. The van der Waals surface area contributed by atoms with E-state index in [-0.39, 0.29) is 24.3 Å². The monoisotopic (exact) mass is 705 g/mol. The highest BCUT2D eigenvalue weighted by molar-refractivity contribution is 9.10. The van der Waals surface area contributed by atoms with Crippen LogP contribution < -0.4 is 24.4 Å². The molecule has 1 atom stereocenters. The predicted molar refractivity (Wildman–Crippen MR) is 184 cm³/mol. The molecule has 47 heavy (non-hydrogen) atoms. The normalized spacial score (nSPS) is 14.2. The molecule has 8 nitrogen and oxygen atoms in total. The highest BCUT2D eigenvalue weighted by Crippen LogP contribution is 2.36. The molecule has 4 aromatic carbocycles. The maximum absolute atomic E-state index is 14.2. The van der Waals surface area contributed by atoms with Crippen molar-refractivity contribution in [1.82, 2.24) is 4.57 Å². The Balaban J connectivity index is 1.45. The first-order valence-corrected chi connectivity index (χ1v) is 16.4. The van der Waals surface area contributed by atoms with E-state index in [4.69, 9.17) is 19.2 Å². The number of methoxy groups -OCH3 is 1. The van der Waals surface area contributed by atoms with Gasteiger partial charge >= 0.3 is 5.97 Å². The van der Waals surface area contributed by atoms with Gasteiger partial charge in [-0.15, -0.1) is 0 Å². The maximum atomic E-state index is 14.2.